The molecule has 12 aromatic rings. The molecule has 2 aromatic heterocycles. The Morgan fingerprint density at radius 1 is 0.317 bits per heavy atom. The number of hydrogen-bond acceptors (Lipinski definition) is 2. The third-order valence-electron chi connectivity index (χ3n) is 16.8. The van der Waals surface area contributed by atoms with Gasteiger partial charge in [0, 0.05) is 27.1 Å². The Morgan fingerprint density at radius 3 is 0.854 bits per heavy atom. The van der Waals surface area contributed by atoms with Crippen molar-refractivity contribution < 1.29 is 13.2 Å². The highest BCUT2D eigenvalue weighted by Gasteiger charge is 2.37. The molecule has 2 heterocycles. The number of aromatic nitrogens is 2. The second kappa shape index (κ2) is 19.7. The van der Waals surface area contributed by atoms with E-state index in [9.17, 15) is 10.5 Å². The van der Waals surface area contributed by atoms with Crippen LogP contribution in [0.4, 0.5) is 13.2 Å². The zero-order chi connectivity index (χ0) is 58.0. The van der Waals surface area contributed by atoms with Crippen LogP contribution in [0, 0.1) is 106 Å². The summed E-state index contributed by atoms with van der Waals surface area (Å²) in [5.41, 5.74) is 24.6. The van der Waals surface area contributed by atoms with Crippen molar-refractivity contribution in [2.45, 2.75) is 89.3 Å². The maximum atomic E-state index is 16.4. The summed E-state index contributed by atoms with van der Waals surface area (Å²) >= 11 is 0. The van der Waals surface area contributed by atoms with E-state index in [4.69, 9.17) is 0 Å². The van der Waals surface area contributed by atoms with E-state index in [1.165, 1.54) is 12.1 Å². The number of alkyl halides is 3. The fourth-order valence-corrected chi connectivity index (χ4v) is 14.1. The van der Waals surface area contributed by atoms with E-state index in [2.05, 4.69) is 220 Å². The van der Waals surface area contributed by atoms with Crippen molar-refractivity contribution in [1.82, 2.24) is 9.13 Å². The van der Waals surface area contributed by atoms with Crippen molar-refractivity contribution in [3.05, 3.63) is 235 Å². The lowest BCUT2D eigenvalue weighted by molar-refractivity contribution is -0.137. The predicted octanol–water partition coefficient (Wildman–Crippen LogP) is 20.7. The molecule has 10 aromatic carbocycles. The van der Waals surface area contributed by atoms with Crippen molar-refractivity contribution in [3.8, 4) is 79.1 Å². The normalized spacial score (nSPS) is 11.8. The number of fused-ring (bicyclic) bond motifs is 6. The molecule has 0 amide bonds. The highest BCUT2D eigenvalue weighted by Crippen LogP contribution is 2.49. The van der Waals surface area contributed by atoms with Gasteiger partial charge in [-0.15, -0.1) is 0 Å². The summed E-state index contributed by atoms with van der Waals surface area (Å²) in [6.07, 6.45) is -4.91. The summed E-state index contributed by atoms with van der Waals surface area (Å²) in [6.45, 7) is 25.3. The number of halogens is 3. The highest BCUT2D eigenvalue weighted by atomic mass is 19.4. The fraction of sp³-hybridized carbons (Fsp3) is 0.173. The predicted molar refractivity (Wildman–Crippen MR) is 334 cm³/mol. The molecule has 12 rings (SSSR count). The van der Waals surface area contributed by atoms with Crippen LogP contribution in [0.15, 0.2) is 152 Å². The first-order valence-corrected chi connectivity index (χ1v) is 27.8. The molecule has 7 heteroatoms. The highest BCUT2D eigenvalue weighted by molar-refractivity contribution is 6.14. The summed E-state index contributed by atoms with van der Waals surface area (Å²) < 4.78 is 53.3. The van der Waals surface area contributed by atoms with Gasteiger partial charge in [0.15, 0.2) is 0 Å². The van der Waals surface area contributed by atoms with Gasteiger partial charge in [-0.25, -0.2) is 0 Å². The second-order valence-corrected chi connectivity index (χ2v) is 23.1. The molecule has 0 spiro atoms. The van der Waals surface area contributed by atoms with Gasteiger partial charge in [0.25, 0.3) is 0 Å². The smallest absolute Gasteiger partial charge is 0.308 e. The van der Waals surface area contributed by atoms with Crippen LogP contribution in [0.3, 0.4) is 0 Å². The summed E-state index contributed by atoms with van der Waals surface area (Å²) in [4.78, 5) is 0. The van der Waals surface area contributed by atoms with Crippen LogP contribution in [-0.2, 0) is 6.18 Å². The Morgan fingerprint density at radius 2 is 0.598 bits per heavy atom. The van der Waals surface area contributed by atoms with Crippen LogP contribution in [-0.4, -0.2) is 9.13 Å². The molecular weight excluding hydrogens is 1010 g/mol. The van der Waals surface area contributed by atoms with E-state index in [0.29, 0.717) is 11.4 Å². The van der Waals surface area contributed by atoms with Crippen LogP contribution in [0.1, 0.15) is 83.5 Å². The molecule has 4 nitrogen and oxygen atoms in total. The van der Waals surface area contributed by atoms with Gasteiger partial charge in [-0.05, 0) is 226 Å². The van der Waals surface area contributed by atoms with Crippen molar-refractivity contribution in [2.24, 2.45) is 0 Å². The Balaban J connectivity index is 1.31. The fourth-order valence-electron chi connectivity index (χ4n) is 14.1. The molecule has 0 bridgehead atoms. The van der Waals surface area contributed by atoms with Gasteiger partial charge in [-0.2, -0.15) is 23.7 Å². The number of nitriles is 2. The SMILES string of the molecule is Cc1cc(C)c(-c2ccc3c4ccc(-c5c(C)cc(C)cc5C)cc4n(-c4cc(C#N)cc(-n5c6cc(-c7c(C)cc(C)cc7C)ccc6c6ccc(-c7c(C)cc(C)cc7C)cc65)c4-c4ccc(C#N)cc4C(F)(F)F)c3c2)c(C)c1. The van der Waals surface area contributed by atoms with Gasteiger partial charge in [0.05, 0.1) is 62.3 Å². The summed E-state index contributed by atoms with van der Waals surface area (Å²) in [7, 11) is 0. The van der Waals surface area contributed by atoms with Gasteiger partial charge < -0.3 is 9.13 Å². The topological polar surface area (TPSA) is 57.4 Å². The minimum atomic E-state index is -4.91. The van der Waals surface area contributed by atoms with Crippen molar-refractivity contribution in [1.29, 1.82) is 10.5 Å². The number of hydrogen-bond donors (Lipinski definition) is 0. The van der Waals surface area contributed by atoms with Crippen LogP contribution in [0.2, 0.25) is 0 Å². The average Bonchev–Trinajstić information content (AvgIpc) is 4.02. The summed E-state index contributed by atoms with van der Waals surface area (Å²) in [5, 5.41) is 25.3. The molecule has 0 unspecified atom stereocenters. The number of rotatable bonds is 7. The average molecular weight is 1080 g/mol. The second-order valence-electron chi connectivity index (χ2n) is 23.1. The molecular formula is C75H61F3N4. The van der Waals surface area contributed by atoms with Crippen LogP contribution < -0.4 is 0 Å². The molecule has 0 radical (unpaired) electrons. The van der Waals surface area contributed by atoms with E-state index in [1.807, 2.05) is 6.07 Å². The third-order valence-corrected chi connectivity index (χ3v) is 16.8. The Hall–Kier alpha value is -9.43. The molecule has 82 heavy (non-hydrogen) atoms. The Kier molecular flexibility index (Phi) is 12.8. The Bertz CT molecular complexity index is 4250. The van der Waals surface area contributed by atoms with Gasteiger partial charge in [0.1, 0.15) is 0 Å². The molecule has 0 aliphatic heterocycles. The number of benzene rings is 10. The van der Waals surface area contributed by atoms with E-state index < -0.39 is 11.7 Å². The molecule has 0 atom stereocenters. The minimum Gasteiger partial charge on any atom is -0.308 e. The van der Waals surface area contributed by atoms with Gasteiger partial charge in [0.2, 0.25) is 0 Å². The number of nitrogens with zero attached hydrogens (tertiary/aromatic N) is 4. The Labute approximate surface area is 477 Å². The van der Waals surface area contributed by atoms with Crippen molar-refractivity contribution >= 4 is 43.6 Å². The minimum absolute atomic E-state index is 0.120. The standard InChI is InChI=1S/C75H61F3N4/c1-40-23-44(5)70(45(6)24-40)54-14-19-58-59-20-15-55(71-46(7)25-41(2)26-47(71)8)35-65(59)81(64(58)34-54)68-32-53(39-80)33-69(74(68)62-18-13-52(38-79)31-63(62)75(76,77)78)82-66-36-56(72-48(9)27-42(3)28-49(72)10)16-21-60(66)61-22-17-57(37-67(61)82)73-50(11)29-43(4)30-51(73)12/h13-37H,1-12H3. The zero-order valence-electron chi connectivity index (χ0n) is 48.4. The molecule has 0 saturated carbocycles. The van der Waals surface area contributed by atoms with E-state index in [0.717, 1.165) is 161 Å². The first kappa shape index (κ1) is 53.2. The monoisotopic (exact) mass is 1070 g/mol. The maximum absolute atomic E-state index is 16.4. The molecule has 0 fully saturated rings. The lowest BCUT2D eigenvalue weighted by Gasteiger charge is -2.24. The van der Waals surface area contributed by atoms with Gasteiger partial charge in [-0.1, -0.05) is 125 Å². The molecule has 0 aliphatic carbocycles. The zero-order valence-corrected chi connectivity index (χ0v) is 48.4. The van der Waals surface area contributed by atoms with Crippen molar-refractivity contribution in [3.63, 3.8) is 0 Å². The molecule has 0 aliphatic rings. The quantitative estimate of drug-likeness (QED) is 0.160. The van der Waals surface area contributed by atoms with Crippen LogP contribution >= 0.6 is 0 Å². The van der Waals surface area contributed by atoms with Gasteiger partial charge in [-0.3, -0.25) is 0 Å². The summed E-state index contributed by atoms with van der Waals surface area (Å²) in [5.74, 6) is 0. The van der Waals surface area contributed by atoms with E-state index in [-0.39, 0.29) is 22.3 Å². The molecule has 0 N–H and O–H groups in total. The molecule has 0 saturated heterocycles. The van der Waals surface area contributed by atoms with Crippen molar-refractivity contribution in [2.75, 3.05) is 0 Å². The number of aryl methyl sites for hydroxylation is 12. The van der Waals surface area contributed by atoms with E-state index >= 15 is 13.2 Å². The largest absolute Gasteiger partial charge is 0.417 e. The van der Waals surface area contributed by atoms with Crippen LogP contribution in [0.25, 0.3) is 111 Å². The molecule has 402 valence electrons. The first-order valence-electron chi connectivity index (χ1n) is 27.8. The maximum Gasteiger partial charge on any atom is 0.417 e. The van der Waals surface area contributed by atoms with Gasteiger partial charge >= 0.3 is 6.18 Å². The van der Waals surface area contributed by atoms with E-state index in [1.54, 1.807) is 12.1 Å². The lowest BCUT2D eigenvalue weighted by atomic mass is 9.92. The summed E-state index contributed by atoms with van der Waals surface area (Å²) in [6, 6.07) is 55.0. The first-order chi connectivity index (χ1) is 39.1. The van der Waals surface area contributed by atoms with Crippen LogP contribution in [0.5, 0.6) is 0 Å². The lowest BCUT2D eigenvalue weighted by Crippen LogP contribution is -2.11. The third kappa shape index (κ3) is 8.75.